The van der Waals surface area contributed by atoms with E-state index < -0.39 is 0 Å². The van der Waals surface area contributed by atoms with Crippen molar-refractivity contribution >= 4 is 5.97 Å². The van der Waals surface area contributed by atoms with Crippen LogP contribution in [0.5, 0.6) is 0 Å². The second-order valence-electron chi connectivity index (χ2n) is 3.73. The lowest BCUT2D eigenvalue weighted by Gasteiger charge is -2.38. The van der Waals surface area contributed by atoms with Crippen LogP contribution in [0.15, 0.2) is 0 Å². The molecule has 0 aromatic carbocycles. The fourth-order valence-electron chi connectivity index (χ4n) is 2.14. The average Bonchev–Trinajstić information content (AvgIpc) is 2.16. The van der Waals surface area contributed by atoms with Gasteiger partial charge in [-0.15, -0.1) is 0 Å². The van der Waals surface area contributed by atoms with E-state index in [4.69, 9.17) is 9.47 Å². The summed E-state index contributed by atoms with van der Waals surface area (Å²) in [7, 11) is 1.45. The van der Waals surface area contributed by atoms with E-state index in [1.807, 2.05) is 0 Å². The molecule has 4 heteroatoms. The molecule has 13 heavy (non-hydrogen) atoms. The fraction of sp³-hybridized carbons (Fsp3) is 0.889. The summed E-state index contributed by atoms with van der Waals surface area (Å²) in [6.45, 7) is 1.73. The maximum Gasteiger partial charge on any atom is 0.308 e. The topological polar surface area (TPSA) is 47.6 Å². The van der Waals surface area contributed by atoms with Crippen LogP contribution in [0.1, 0.15) is 12.8 Å². The van der Waals surface area contributed by atoms with Crippen LogP contribution in [0.3, 0.4) is 0 Å². The average molecular weight is 185 g/mol. The van der Waals surface area contributed by atoms with Gasteiger partial charge in [0, 0.05) is 13.1 Å². The van der Waals surface area contributed by atoms with Crippen molar-refractivity contribution in [2.24, 2.45) is 5.92 Å². The molecular weight excluding hydrogens is 170 g/mol. The Morgan fingerprint density at radius 3 is 2.54 bits per heavy atom. The van der Waals surface area contributed by atoms with Crippen molar-refractivity contribution in [2.45, 2.75) is 25.0 Å². The highest BCUT2D eigenvalue weighted by Crippen LogP contribution is 2.27. The van der Waals surface area contributed by atoms with E-state index in [9.17, 15) is 4.79 Å². The van der Waals surface area contributed by atoms with Crippen LogP contribution in [-0.2, 0) is 14.3 Å². The van der Waals surface area contributed by atoms with Gasteiger partial charge in [0.25, 0.3) is 0 Å². The Kier molecular flexibility index (Phi) is 2.51. The Balaban J connectivity index is 1.97. The molecule has 0 spiro atoms. The lowest BCUT2D eigenvalue weighted by molar-refractivity contribution is -0.157. The summed E-state index contributed by atoms with van der Waals surface area (Å²) in [5.74, 6) is -0.0314. The third-order valence-corrected chi connectivity index (χ3v) is 2.76. The number of carbonyl (C=O) groups excluding carboxylic acids is 1. The van der Waals surface area contributed by atoms with Gasteiger partial charge in [-0.05, 0) is 12.8 Å². The van der Waals surface area contributed by atoms with Gasteiger partial charge in [0.2, 0.25) is 0 Å². The second-order valence-corrected chi connectivity index (χ2v) is 3.73. The molecular formula is C9H15NO3. The van der Waals surface area contributed by atoms with Gasteiger partial charge < -0.3 is 14.8 Å². The molecule has 2 bridgehead atoms. The number of fused-ring (bicyclic) bond motifs is 2. The molecule has 2 heterocycles. The summed E-state index contributed by atoms with van der Waals surface area (Å²) in [6.07, 6.45) is 2.01. The number of morpholine rings is 1. The molecule has 2 saturated heterocycles. The molecule has 2 rings (SSSR count). The summed E-state index contributed by atoms with van der Waals surface area (Å²) in [5.41, 5.74) is 0. The second kappa shape index (κ2) is 3.64. The maximum atomic E-state index is 11.3. The number of esters is 1. The molecule has 2 fully saturated rings. The largest absolute Gasteiger partial charge is 0.469 e. The number of carbonyl (C=O) groups is 1. The van der Waals surface area contributed by atoms with E-state index in [1.165, 1.54) is 7.11 Å². The van der Waals surface area contributed by atoms with Crippen LogP contribution >= 0.6 is 0 Å². The highest BCUT2D eigenvalue weighted by atomic mass is 16.5. The first-order valence-electron chi connectivity index (χ1n) is 4.73. The minimum Gasteiger partial charge on any atom is -0.469 e. The summed E-state index contributed by atoms with van der Waals surface area (Å²) < 4.78 is 10.4. The number of rotatable bonds is 1. The van der Waals surface area contributed by atoms with Gasteiger partial charge in [0.1, 0.15) is 0 Å². The van der Waals surface area contributed by atoms with E-state index >= 15 is 0 Å². The zero-order valence-corrected chi connectivity index (χ0v) is 7.79. The molecule has 2 aliphatic rings. The molecule has 3 atom stereocenters. The van der Waals surface area contributed by atoms with E-state index in [0.29, 0.717) is 0 Å². The molecule has 0 amide bonds. The standard InChI is InChI=1S/C9H15NO3/c1-12-9(11)6-2-7-4-10-5-8(3-6)13-7/h6-8,10H,2-5H2,1H3/t6?,7-,8+. The SMILES string of the molecule is COC(=O)C1C[C@H]2CNC[C@@H](C1)O2. The van der Waals surface area contributed by atoms with E-state index in [-0.39, 0.29) is 24.1 Å². The summed E-state index contributed by atoms with van der Waals surface area (Å²) in [5, 5.41) is 3.29. The van der Waals surface area contributed by atoms with Crippen LogP contribution in [0.25, 0.3) is 0 Å². The molecule has 0 aliphatic carbocycles. The Morgan fingerprint density at radius 2 is 2.00 bits per heavy atom. The number of hydrogen-bond donors (Lipinski definition) is 1. The van der Waals surface area contributed by atoms with Gasteiger partial charge in [-0.1, -0.05) is 0 Å². The minimum atomic E-state index is -0.0831. The van der Waals surface area contributed by atoms with Crippen molar-refractivity contribution in [3.63, 3.8) is 0 Å². The van der Waals surface area contributed by atoms with E-state index in [2.05, 4.69) is 5.32 Å². The van der Waals surface area contributed by atoms with Gasteiger partial charge in [-0.2, -0.15) is 0 Å². The maximum absolute atomic E-state index is 11.3. The van der Waals surface area contributed by atoms with Gasteiger partial charge in [-0.25, -0.2) is 0 Å². The predicted octanol–water partition coefficient (Wildman–Crippen LogP) is -0.0736. The molecule has 0 radical (unpaired) electrons. The van der Waals surface area contributed by atoms with Crippen molar-refractivity contribution in [1.29, 1.82) is 0 Å². The molecule has 4 nitrogen and oxygen atoms in total. The van der Waals surface area contributed by atoms with Crippen LogP contribution in [0.2, 0.25) is 0 Å². The fourth-order valence-corrected chi connectivity index (χ4v) is 2.14. The third-order valence-electron chi connectivity index (χ3n) is 2.76. The highest BCUT2D eigenvalue weighted by Gasteiger charge is 2.36. The Labute approximate surface area is 77.6 Å². The first-order chi connectivity index (χ1) is 6.29. The number of methoxy groups -OCH3 is 1. The number of ether oxygens (including phenoxy) is 2. The molecule has 2 aliphatic heterocycles. The highest BCUT2D eigenvalue weighted by molar-refractivity contribution is 5.72. The summed E-state index contributed by atoms with van der Waals surface area (Å²) >= 11 is 0. The van der Waals surface area contributed by atoms with Crippen molar-refractivity contribution in [3.05, 3.63) is 0 Å². The van der Waals surface area contributed by atoms with Crippen molar-refractivity contribution in [3.8, 4) is 0 Å². The Morgan fingerprint density at radius 1 is 1.38 bits per heavy atom. The molecule has 0 aromatic heterocycles. The molecule has 1 N–H and O–H groups in total. The molecule has 0 saturated carbocycles. The smallest absolute Gasteiger partial charge is 0.308 e. The lowest BCUT2D eigenvalue weighted by atomic mass is 9.90. The summed E-state index contributed by atoms with van der Waals surface area (Å²) in [6, 6.07) is 0. The molecule has 74 valence electrons. The van der Waals surface area contributed by atoms with Gasteiger partial charge in [0.05, 0.1) is 25.2 Å². The van der Waals surface area contributed by atoms with Gasteiger partial charge in [0.15, 0.2) is 0 Å². The van der Waals surface area contributed by atoms with Crippen molar-refractivity contribution < 1.29 is 14.3 Å². The normalized spacial score (nSPS) is 38.4. The quantitative estimate of drug-likeness (QED) is 0.581. The van der Waals surface area contributed by atoms with Crippen LogP contribution < -0.4 is 5.32 Å². The summed E-state index contributed by atoms with van der Waals surface area (Å²) in [4.78, 5) is 11.3. The van der Waals surface area contributed by atoms with Gasteiger partial charge in [-0.3, -0.25) is 4.79 Å². The minimum absolute atomic E-state index is 0.0517. The Bertz CT molecular complexity index is 195. The van der Waals surface area contributed by atoms with Crippen LogP contribution in [0.4, 0.5) is 0 Å². The predicted molar refractivity (Wildman–Crippen MR) is 46.3 cm³/mol. The lowest BCUT2D eigenvalue weighted by Crippen LogP contribution is -2.50. The van der Waals surface area contributed by atoms with E-state index in [1.54, 1.807) is 0 Å². The van der Waals surface area contributed by atoms with Crippen molar-refractivity contribution in [1.82, 2.24) is 5.32 Å². The zero-order chi connectivity index (χ0) is 9.26. The van der Waals surface area contributed by atoms with Crippen LogP contribution in [0, 0.1) is 5.92 Å². The monoisotopic (exact) mass is 185 g/mol. The first-order valence-corrected chi connectivity index (χ1v) is 4.73. The number of hydrogen-bond acceptors (Lipinski definition) is 4. The Hall–Kier alpha value is -0.610. The first kappa shape index (κ1) is 8.97. The third kappa shape index (κ3) is 1.84. The molecule has 0 aromatic rings. The zero-order valence-electron chi connectivity index (χ0n) is 7.79. The van der Waals surface area contributed by atoms with E-state index in [0.717, 1.165) is 25.9 Å². The number of nitrogens with one attached hydrogen (secondary N) is 1. The van der Waals surface area contributed by atoms with Crippen LogP contribution in [-0.4, -0.2) is 38.4 Å². The van der Waals surface area contributed by atoms with Crippen molar-refractivity contribution in [2.75, 3.05) is 20.2 Å². The molecule has 1 unspecified atom stereocenters. The van der Waals surface area contributed by atoms with Gasteiger partial charge >= 0.3 is 5.97 Å².